The van der Waals surface area contributed by atoms with Crippen molar-refractivity contribution in [3.8, 4) is 5.69 Å². The average Bonchev–Trinajstić information content (AvgIpc) is 3.40. The normalized spacial score (nSPS) is 16.5. The molecular weight excluding hydrogens is 475 g/mol. The maximum Gasteiger partial charge on any atom is 0.358 e. The number of hydrogen-bond acceptors (Lipinski definition) is 8. The molecule has 1 fully saturated rings. The van der Waals surface area contributed by atoms with E-state index in [0.717, 1.165) is 31.3 Å². The lowest BCUT2D eigenvalue weighted by Crippen LogP contribution is -2.41. The Hall–Kier alpha value is -3.89. The molecule has 0 spiro atoms. The van der Waals surface area contributed by atoms with Gasteiger partial charge in [0.2, 0.25) is 0 Å². The summed E-state index contributed by atoms with van der Waals surface area (Å²) in [6.07, 6.45) is 5.04. The van der Waals surface area contributed by atoms with Crippen molar-refractivity contribution >= 4 is 28.4 Å². The zero-order valence-corrected chi connectivity index (χ0v) is 21.0. The first kappa shape index (κ1) is 24.8. The minimum atomic E-state index is -1.05. The van der Waals surface area contributed by atoms with Crippen LogP contribution in [0, 0.1) is 11.7 Å². The second-order valence-corrected chi connectivity index (χ2v) is 9.61. The van der Waals surface area contributed by atoms with Crippen LogP contribution in [0.15, 0.2) is 54.9 Å². The highest BCUT2D eigenvalue weighted by Gasteiger charge is 2.36. The third-order valence-corrected chi connectivity index (χ3v) is 7.07. The zero-order valence-electron chi connectivity index (χ0n) is 21.0. The number of esters is 1. The predicted octanol–water partition coefficient (Wildman–Crippen LogP) is 4.03. The number of hydrogen-bond donors (Lipinski definition) is 2. The quantitative estimate of drug-likeness (QED) is 0.379. The van der Waals surface area contributed by atoms with E-state index in [0.29, 0.717) is 22.7 Å². The summed E-state index contributed by atoms with van der Waals surface area (Å²) in [4.78, 5) is 23.0. The van der Waals surface area contributed by atoms with E-state index in [1.54, 1.807) is 30.6 Å². The number of ether oxygens (including phenoxy) is 1. The van der Waals surface area contributed by atoms with Crippen LogP contribution in [0.1, 0.15) is 35.9 Å². The number of rotatable bonds is 6. The first-order valence-corrected chi connectivity index (χ1v) is 12.1. The molecule has 1 saturated heterocycles. The number of halogens is 1. The van der Waals surface area contributed by atoms with Crippen molar-refractivity contribution in [2.75, 3.05) is 32.6 Å². The number of anilines is 2. The second-order valence-electron chi connectivity index (χ2n) is 9.61. The van der Waals surface area contributed by atoms with Crippen molar-refractivity contribution in [2.24, 2.45) is 5.92 Å². The highest BCUT2D eigenvalue weighted by Crippen LogP contribution is 2.36. The highest BCUT2D eigenvalue weighted by molar-refractivity contribution is 5.87. The lowest BCUT2D eigenvalue weighted by molar-refractivity contribution is -0.0334. The number of methoxy groups -OCH3 is 1. The summed E-state index contributed by atoms with van der Waals surface area (Å²) in [6.45, 7) is 3.73. The molecule has 2 N–H and O–H groups in total. The number of aromatic nitrogens is 4. The number of carbonyl (C=O) groups is 1. The lowest BCUT2D eigenvalue weighted by atomic mass is 9.79. The van der Waals surface area contributed by atoms with E-state index in [4.69, 9.17) is 4.98 Å². The Morgan fingerprint density at radius 2 is 1.97 bits per heavy atom. The number of pyridine rings is 2. The van der Waals surface area contributed by atoms with E-state index in [2.05, 4.69) is 32.1 Å². The first-order chi connectivity index (χ1) is 17.7. The monoisotopic (exact) mass is 504 g/mol. The molecule has 0 aliphatic carbocycles. The topological polar surface area (TPSA) is 105 Å². The van der Waals surface area contributed by atoms with E-state index < -0.39 is 17.4 Å². The number of nitrogens with one attached hydrogen (secondary N) is 1. The van der Waals surface area contributed by atoms with Gasteiger partial charge in [0.15, 0.2) is 5.69 Å². The molecular formula is C27H29FN6O3. The van der Waals surface area contributed by atoms with Gasteiger partial charge in [-0.05, 0) is 76.2 Å². The van der Waals surface area contributed by atoms with Gasteiger partial charge in [-0.1, -0.05) is 0 Å². The summed E-state index contributed by atoms with van der Waals surface area (Å²) in [5.74, 6) is -0.528. The van der Waals surface area contributed by atoms with Crippen molar-refractivity contribution in [3.05, 3.63) is 72.1 Å². The Labute approximate surface area is 213 Å². The van der Waals surface area contributed by atoms with Gasteiger partial charge in [0.25, 0.3) is 0 Å². The van der Waals surface area contributed by atoms with Gasteiger partial charge >= 0.3 is 5.97 Å². The number of aliphatic hydroxyl groups is 1. The van der Waals surface area contributed by atoms with Crippen LogP contribution in [0.4, 0.5) is 15.9 Å². The molecule has 9 nitrogen and oxygen atoms in total. The SMILES string of the molecule is COC(=O)c1ccn(-c2ccc(Nc3cc4nc(C(C)(O)C5CCN(C)CC5)ccc4cn3)c(F)c2)n1. The van der Waals surface area contributed by atoms with Crippen LogP contribution >= 0.6 is 0 Å². The average molecular weight is 505 g/mol. The minimum absolute atomic E-state index is 0.124. The standard InChI is InChI=1S/C27H29FN6O3/c1-27(36,18-8-11-33(2)12-9-18)24-7-4-17-16-29-25(15-23(17)30-24)31-21-6-5-19(14-20(21)28)34-13-10-22(32-34)26(35)37-3/h4-7,10,13-16,18,36H,8-9,11-12H2,1-3H3,(H,29,31). The summed E-state index contributed by atoms with van der Waals surface area (Å²) in [5.41, 5.74) is 1.04. The van der Waals surface area contributed by atoms with E-state index in [1.807, 2.05) is 19.1 Å². The largest absolute Gasteiger partial charge is 0.464 e. The van der Waals surface area contributed by atoms with E-state index in [1.165, 1.54) is 23.9 Å². The Morgan fingerprint density at radius 1 is 1.19 bits per heavy atom. The molecule has 0 bridgehead atoms. The Morgan fingerprint density at radius 3 is 2.70 bits per heavy atom. The molecule has 1 aliphatic rings. The summed E-state index contributed by atoms with van der Waals surface area (Å²) in [6, 6.07) is 11.6. The summed E-state index contributed by atoms with van der Waals surface area (Å²) < 4.78 is 21.0. The van der Waals surface area contributed by atoms with Crippen LogP contribution in [0.2, 0.25) is 0 Å². The van der Waals surface area contributed by atoms with E-state index >= 15 is 0 Å². The van der Waals surface area contributed by atoms with Gasteiger partial charge in [-0.2, -0.15) is 5.10 Å². The van der Waals surface area contributed by atoms with Crippen LogP contribution < -0.4 is 5.32 Å². The number of benzene rings is 1. The Bertz CT molecular complexity index is 1450. The predicted molar refractivity (Wildman–Crippen MR) is 137 cm³/mol. The van der Waals surface area contributed by atoms with Gasteiger partial charge in [0, 0.05) is 29.9 Å². The lowest BCUT2D eigenvalue weighted by Gasteiger charge is -2.38. The molecule has 0 saturated carbocycles. The molecule has 0 radical (unpaired) electrons. The van der Waals surface area contributed by atoms with Gasteiger partial charge < -0.3 is 20.1 Å². The number of nitrogens with zero attached hydrogens (tertiary/aromatic N) is 5. The van der Waals surface area contributed by atoms with Crippen LogP contribution in [-0.2, 0) is 10.3 Å². The molecule has 10 heteroatoms. The van der Waals surface area contributed by atoms with Crippen LogP contribution in [-0.4, -0.2) is 63.0 Å². The number of carbonyl (C=O) groups excluding carboxylic acids is 1. The minimum Gasteiger partial charge on any atom is -0.464 e. The fourth-order valence-electron chi connectivity index (χ4n) is 4.71. The molecule has 37 heavy (non-hydrogen) atoms. The Kier molecular flexibility index (Phi) is 6.61. The third-order valence-electron chi connectivity index (χ3n) is 7.07. The molecule has 1 aromatic carbocycles. The van der Waals surface area contributed by atoms with E-state index in [-0.39, 0.29) is 17.3 Å². The molecule has 4 aromatic rings. The van der Waals surface area contributed by atoms with Gasteiger partial charge in [-0.25, -0.2) is 23.8 Å². The van der Waals surface area contributed by atoms with Crippen LogP contribution in [0.5, 0.6) is 0 Å². The first-order valence-electron chi connectivity index (χ1n) is 12.1. The van der Waals surface area contributed by atoms with Crippen molar-refractivity contribution in [1.29, 1.82) is 0 Å². The molecule has 5 rings (SSSR count). The van der Waals surface area contributed by atoms with Gasteiger partial charge in [0.1, 0.15) is 17.2 Å². The van der Waals surface area contributed by atoms with Crippen molar-refractivity contribution in [3.63, 3.8) is 0 Å². The second kappa shape index (κ2) is 9.87. The number of piperidine rings is 1. The summed E-state index contributed by atoms with van der Waals surface area (Å²) in [5, 5.41) is 19.3. The molecule has 1 atom stereocenters. The van der Waals surface area contributed by atoms with E-state index in [9.17, 15) is 14.3 Å². The number of likely N-dealkylation sites (tertiary alicyclic amines) is 1. The maximum atomic E-state index is 14.9. The molecule has 0 amide bonds. The van der Waals surface area contributed by atoms with Crippen molar-refractivity contribution in [2.45, 2.75) is 25.4 Å². The molecule has 3 aromatic heterocycles. The van der Waals surface area contributed by atoms with Crippen LogP contribution in [0.3, 0.4) is 0 Å². The van der Waals surface area contributed by atoms with Crippen molar-refractivity contribution in [1.82, 2.24) is 24.6 Å². The fourth-order valence-corrected chi connectivity index (χ4v) is 4.71. The Balaban J connectivity index is 1.37. The molecule has 4 heterocycles. The smallest absolute Gasteiger partial charge is 0.358 e. The zero-order chi connectivity index (χ0) is 26.2. The van der Waals surface area contributed by atoms with Crippen molar-refractivity contribution < 1.29 is 19.0 Å². The summed E-state index contributed by atoms with van der Waals surface area (Å²) >= 11 is 0. The summed E-state index contributed by atoms with van der Waals surface area (Å²) in [7, 11) is 3.37. The molecule has 1 unspecified atom stereocenters. The maximum absolute atomic E-state index is 14.9. The fraction of sp³-hybridized carbons (Fsp3) is 0.333. The molecule has 192 valence electrons. The van der Waals surface area contributed by atoms with Crippen LogP contribution in [0.25, 0.3) is 16.6 Å². The van der Waals surface area contributed by atoms with Gasteiger partial charge in [-0.15, -0.1) is 0 Å². The number of fused-ring (bicyclic) bond motifs is 1. The van der Waals surface area contributed by atoms with Gasteiger partial charge in [0.05, 0.1) is 29.7 Å². The molecule has 1 aliphatic heterocycles. The highest BCUT2D eigenvalue weighted by atomic mass is 19.1. The van der Waals surface area contributed by atoms with Gasteiger partial charge in [-0.3, -0.25) is 0 Å². The third kappa shape index (κ3) is 5.03.